The van der Waals surface area contributed by atoms with E-state index in [1.54, 1.807) is 0 Å². The highest BCUT2D eigenvalue weighted by atomic mass is 19.4. The summed E-state index contributed by atoms with van der Waals surface area (Å²) in [5.41, 5.74) is 13.0. The van der Waals surface area contributed by atoms with Gasteiger partial charge in [-0.15, -0.1) is 13.2 Å². The number of halogens is 3. The third-order valence-electron chi connectivity index (χ3n) is 5.79. The van der Waals surface area contributed by atoms with Crippen LogP contribution >= 0.6 is 0 Å². The third kappa shape index (κ3) is 6.32. The van der Waals surface area contributed by atoms with Gasteiger partial charge >= 0.3 is 6.36 Å². The molecule has 1 aromatic heterocycles. The van der Waals surface area contributed by atoms with Gasteiger partial charge < -0.3 is 21.5 Å². The van der Waals surface area contributed by atoms with E-state index in [-0.39, 0.29) is 29.6 Å². The SMILES string of the molecule is Cc1ccc2nc(NC(=O)c3ccc(OC(F)(F)F)cc3)nc(NC3CCCCC3N=C(N)N)c2c1. The minimum absolute atomic E-state index is 0.0247. The summed E-state index contributed by atoms with van der Waals surface area (Å²) >= 11 is 0. The summed E-state index contributed by atoms with van der Waals surface area (Å²) in [5, 5.41) is 6.84. The van der Waals surface area contributed by atoms with Crippen molar-refractivity contribution in [1.29, 1.82) is 0 Å². The Bertz CT molecular complexity index is 1280. The summed E-state index contributed by atoms with van der Waals surface area (Å²) in [6, 6.07) is 10.1. The van der Waals surface area contributed by atoms with Crippen molar-refractivity contribution in [2.24, 2.45) is 16.5 Å². The molecule has 0 saturated heterocycles. The maximum Gasteiger partial charge on any atom is 0.573 e. The Hall–Kier alpha value is -4.09. The number of carbonyl (C=O) groups is 1. The molecule has 1 aliphatic rings. The summed E-state index contributed by atoms with van der Waals surface area (Å²) < 4.78 is 41.0. The number of aromatic nitrogens is 2. The first-order chi connectivity index (χ1) is 17.1. The number of anilines is 2. The molecule has 12 heteroatoms. The van der Waals surface area contributed by atoms with Crippen LogP contribution in [0.5, 0.6) is 5.75 Å². The van der Waals surface area contributed by atoms with Crippen molar-refractivity contribution in [3.8, 4) is 5.75 Å². The van der Waals surface area contributed by atoms with Gasteiger partial charge in [0.15, 0.2) is 5.96 Å². The van der Waals surface area contributed by atoms with Crippen LogP contribution in [0.1, 0.15) is 41.6 Å². The second kappa shape index (κ2) is 10.3. The van der Waals surface area contributed by atoms with Crippen molar-refractivity contribution in [3.05, 3.63) is 53.6 Å². The number of hydrogen-bond acceptors (Lipinski definition) is 6. The molecule has 9 nitrogen and oxygen atoms in total. The molecule has 4 rings (SSSR count). The summed E-state index contributed by atoms with van der Waals surface area (Å²) in [6.45, 7) is 1.95. The Balaban J connectivity index is 1.60. The number of benzene rings is 2. The average molecular weight is 502 g/mol. The van der Waals surface area contributed by atoms with E-state index in [9.17, 15) is 18.0 Å². The molecule has 36 heavy (non-hydrogen) atoms. The number of rotatable bonds is 6. The Kier molecular flexibility index (Phi) is 7.13. The molecule has 0 spiro atoms. The van der Waals surface area contributed by atoms with Crippen LogP contribution in [-0.4, -0.2) is 40.3 Å². The summed E-state index contributed by atoms with van der Waals surface area (Å²) in [7, 11) is 0. The van der Waals surface area contributed by atoms with E-state index in [4.69, 9.17) is 11.5 Å². The lowest BCUT2D eigenvalue weighted by molar-refractivity contribution is -0.274. The number of nitrogens with one attached hydrogen (secondary N) is 2. The lowest BCUT2D eigenvalue weighted by Gasteiger charge is -2.30. The van der Waals surface area contributed by atoms with E-state index >= 15 is 0 Å². The molecule has 190 valence electrons. The minimum atomic E-state index is -4.82. The van der Waals surface area contributed by atoms with Crippen LogP contribution in [0.15, 0.2) is 47.5 Å². The maximum atomic E-state index is 12.8. The van der Waals surface area contributed by atoms with Gasteiger partial charge in [0.1, 0.15) is 11.6 Å². The van der Waals surface area contributed by atoms with Crippen molar-refractivity contribution < 1.29 is 22.7 Å². The van der Waals surface area contributed by atoms with Crippen LogP contribution in [0.2, 0.25) is 0 Å². The molecule has 0 radical (unpaired) electrons. The maximum absolute atomic E-state index is 12.8. The first-order valence-corrected chi connectivity index (χ1v) is 11.4. The van der Waals surface area contributed by atoms with E-state index < -0.39 is 18.0 Å². The van der Waals surface area contributed by atoms with Gasteiger partial charge in [0.2, 0.25) is 5.95 Å². The second-order valence-corrected chi connectivity index (χ2v) is 8.60. The van der Waals surface area contributed by atoms with Crippen LogP contribution in [0.25, 0.3) is 10.9 Å². The lowest BCUT2D eigenvalue weighted by Crippen LogP contribution is -2.38. The standard InChI is InChI=1S/C24H26F3N7O2/c1-13-6-11-17-16(12-13)20(30-18-4-2-3-5-19(18)31-22(28)29)33-23(32-17)34-21(35)14-7-9-15(10-8-14)36-24(25,26)27/h6-12,18-19H,2-5H2,1H3,(H4,28,29,31)(H2,30,32,33,34,35). The zero-order valence-corrected chi connectivity index (χ0v) is 19.5. The zero-order valence-electron chi connectivity index (χ0n) is 19.5. The fourth-order valence-corrected chi connectivity index (χ4v) is 4.19. The fourth-order valence-electron chi connectivity index (χ4n) is 4.19. The summed E-state index contributed by atoms with van der Waals surface area (Å²) in [4.78, 5) is 26.1. The quantitative estimate of drug-likeness (QED) is 0.295. The van der Waals surface area contributed by atoms with Gasteiger partial charge in [-0.3, -0.25) is 10.1 Å². The predicted molar refractivity (Wildman–Crippen MR) is 131 cm³/mol. The molecule has 1 heterocycles. The highest BCUT2D eigenvalue weighted by Gasteiger charge is 2.31. The van der Waals surface area contributed by atoms with Crippen LogP contribution in [0.4, 0.5) is 24.9 Å². The Morgan fingerprint density at radius 2 is 1.81 bits per heavy atom. The number of carbonyl (C=O) groups excluding carboxylic acids is 1. The molecule has 1 amide bonds. The number of amides is 1. The smallest absolute Gasteiger partial charge is 0.406 e. The number of aliphatic imine (C=N–C) groups is 1. The van der Waals surface area contributed by atoms with Gasteiger partial charge in [0.25, 0.3) is 5.91 Å². The normalized spacial score (nSPS) is 17.9. The van der Waals surface area contributed by atoms with E-state index in [1.807, 2.05) is 25.1 Å². The molecule has 0 aliphatic heterocycles. The number of alkyl halides is 3. The van der Waals surface area contributed by atoms with Gasteiger partial charge in [-0.05, 0) is 56.2 Å². The first kappa shape index (κ1) is 25.0. The van der Waals surface area contributed by atoms with Crippen molar-refractivity contribution >= 4 is 34.5 Å². The lowest BCUT2D eigenvalue weighted by atomic mass is 9.90. The zero-order chi connectivity index (χ0) is 25.9. The van der Waals surface area contributed by atoms with E-state index in [0.29, 0.717) is 11.3 Å². The summed E-state index contributed by atoms with van der Waals surface area (Å²) in [6.07, 6.45) is -1.13. The van der Waals surface area contributed by atoms with Gasteiger partial charge in [0, 0.05) is 10.9 Å². The molecule has 1 saturated carbocycles. The average Bonchev–Trinajstić information content (AvgIpc) is 2.80. The number of nitrogens with zero attached hydrogens (tertiary/aromatic N) is 3. The minimum Gasteiger partial charge on any atom is -0.406 e. The van der Waals surface area contributed by atoms with Crippen LogP contribution in [0, 0.1) is 6.92 Å². The van der Waals surface area contributed by atoms with Crippen molar-refractivity contribution in [3.63, 3.8) is 0 Å². The Morgan fingerprint density at radius 3 is 2.50 bits per heavy atom. The molecule has 2 aromatic carbocycles. The number of fused-ring (bicyclic) bond motifs is 1. The molecule has 2 unspecified atom stereocenters. The van der Waals surface area contributed by atoms with Crippen LogP contribution in [0.3, 0.4) is 0 Å². The molecular weight excluding hydrogens is 475 g/mol. The van der Waals surface area contributed by atoms with Crippen LogP contribution in [-0.2, 0) is 0 Å². The highest BCUT2D eigenvalue weighted by Crippen LogP contribution is 2.29. The molecular formula is C24H26F3N7O2. The van der Waals surface area contributed by atoms with Crippen molar-refractivity contribution in [2.45, 2.75) is 51.1 Å². The highest BCUT2D eigenvalue weighted by molar-refractivity contribution is 6.04. The number of aryl methyl sites for hydroxylation is 1. The number of nitrogens with two attached hydrogens (primary N) is 2. The van der Waals surface area contributed by atoms with Crippen molar-refractivity contribution in [1.82, 2.24) is 9.97 Å². The fraction of sp³-hybridized carbons (Fsp3) is 0.333. The number of ether oxygens (including phenoxy) is 1. The molecule has 2 atom stereocenters. The topological polar surface area (TPSA) is 141 Å². The van der Waals surface area contributed by atoms with E-state index in [2.05, 4.69) is 30.3 Å². The molecule has 1 aliphatic carbocycles. The predicted octanol–water partition coefficient (Wildman–Crippen LogP) is 4.09. The van der Waals surface area contributed by atoms with Gasteiger partial charge in [0.05, 0.1) is 17.6 Å². The summed E-state index contributed by atoms with van der Waals surface area (Å²) in [5.74, 6) is -0.413. The third-order valence-corrected chi connectivity index (χ3v) is 5.79. The molecule has 3 aromatic rings. The first-order valence-electron chi connectivity index (χ1n) is 11.4. The van der Waals surface area contributed by atoms with Gasteiger partial charge in [-0.25, -0.2) is 9.98 Å². The number of guanidine groups is 1. The second-order valence-electron chi connectivity index (χ2n) is 8.60. The molecule has 6 N–H and O–H groups in total. The van der Waals surface area contributed by atoms with Gasteiger partial charge in [-0.1, -0.05) is 24.5 Å². The van der Waals surface area contributed by atoms with E-state index in [0.717, 1.165) is 48.8 Å². The largest absolute Gasteiger partial charge is 0.573 e. The molecule has 0 bridgehead atoms. The Labute approximate surface area is 205 Å². The van der Waals surface area contributed by atoms with Gasteiger partial charge in [-0.2, -0.15) is 4.98 Å². The number of hydrogen-bond donors (Lipinski definition) is 4. The van der Waals surface area contributed by atoms with Crippen molar-refractivity contribution in [2.75, 3.05) is 10.6 Å². The van der Waals surface area contributed by atoms with Crippen LogP contribution < -0.4 is 26.8 Å². The van der Waals surface area contributed by atoms with E-state index in [1.165, 1.54) is 12.1 Å². The molecule has 1 fully saturated rings. The Morgan fingerprint density at radius 1 is 1.08 bits per heavy atom. The monoisotopic (exact) mass is 501 g/mol.